The van der Waals surface area contributed by atoms with Crippen molar-refractivity contribution in [2.24, 2.45) is 0 Å². The summed E-state index contributed by atoms with van der Waals surface area (Å²) >= 11 is 0. The molecule has 1 unspecified atom stereocenters. The highest BCUT2D eigenvalue weighted by molar-refractivity contribution is 5.60. The number of nitriles is 1. The first kappa shape index (κ1) is 13.3. The van der Waals surface area contributed by atoms with Crippen LogP contribution in [-0.4, -0.2) is 31.1 Å². The predicted molar refractivity (Wildman–Crippen MR) is 72.1 cm³/mol. The highest BCUT2D eigenvalue weighted by atomic mass is 16.6. The van der Waals surface area contributed by atoms with Gasteiger partial charge in [-0.15, -0.1) is 0 Å². The second kappa shape index (κ2) is 5.67. The topological polar surface area (TPSA) is 82.2 Å². The Morgan fingerprint density at radius 1 is 1.58 bits per heavy atom. The van der Waals surface area contributed by atoms with Crippen molar-refractivity contribution in [3.8, 4) is 6.07 Å². The van der Waals surface area contributed by atoms with Crippen molar-refractivity contribution < 1.29 is 4.92 Å². The molecule has 6 heteroatoms. The molecule has 2 rings (SSSR count). The minimum Gasteiger partial charge on any atom is -0.370 e. The third kappa shape index (κ3) is 2.83. The molecule has 1 N–H and O–H groups in total. The van der Waals surface area contributed by atoms with Crippen LogP contribution >= 0.6 is 0 Å². The maximum absolute atomic E-state index is 11.0. The van der Waals surface area contributed by atoms with Crippen molar-refractivity contribution in [2.75, 3.05) is 25.0 Å². The highest BCUT2D eigenvalue weighted by Gasteiger charge is 2.21. The summed E-state index contributed by atoms with van der Waals surface area (Å²) in [7, 11) is 1.93. The fourth-order valence-corrected chi connectivity index (χ4v) is 2.36. The van der Waals surface area contributed by atoms with Crippen molar-refractivity contribution in [1.29, 1.82) is 5.26 Å². The van der Waals surface area contributed by atoms with E-state index in [0.29, 0.717) is 6.04 Å². The lowest BCUT2D eigenvalue weighted by Gasteiger charge is -2.33. The number of nitrogens with zero attached hydrogens (tertiary/aromatic N) is 3. The maximum Gasteiger partial charge on any atom is 0.289 e. The monoisotopic (exact) mass is 260 g/mol. The first-order valence-corrected chi connectivity index (χ1v) is 6.25. The molecule has 0 aromatic heterocycles. The molecule has 0 spiro atoms. The van der Waals surface area contributed by atoms with Gasteiger partial charge in [-0.3, -0.25) is 10.1 Å². The third-order valence-electron chi connectivity index (χ3n) is 3.52. The van der Waals surface area contributed by atoms with E-state index in [1.54, 1.807) is 6.07 Å². The predicted octanol–water partition coefficient (Wildman–Crippen LogP) is 1.65. The van der Waals surface area contributed by atoms with Gasteiger partial charge in [0.25, 0.3) is 5.69 Å². The smallest absolute Gasteiger partial charge is 0.289 e. The van der Waals surface area contributed by atoms with Crippen LogP contribution in [0.2, 0.25) is 0 Å². The van der Waals surface area contributed by atoms with Crippen LogP contribution in [0.3, 0.4) is 0 Å². The maximum atomic E-state index is 11.0. The number of benzene rings is 1. The van der Waals surface area contributed by atoms with E-state index in [1.807, 2.05) is 18.0 Å². The molecule has 1 aromatic rings. The number of piperidine rings is 1. The summed E-state index contributed by atoms with van der Waals surface area (Å²) in [5.41, 5.74) is 0.749. The van der Waals surface area contributed by atoms with E-state index in [9.17, 15) is 10.1 Å². The van der Waals surface area contributed by atoms with Gasteiger partial charge in [0.05, 0.1) is 4.92 Å². The van der Waals surface area contributed by atoms with Gasteiger partial charge in [-0.25, -0.2) is 0 Å². The van der Waals surface area contributed by atoms with Crippen LogP contribution in [0.15, 0.2) is 18.2 Å². The zero-order chi connectivity index (χ0) is 13.8. The number of hydrogen-bond acceptors (Lipinski definition) is 5. The molecule has 1 saturated heterocycles. The number of nitrogens with one attached hydrogen (secondary N) is 1. The van der Waals surface area contributed by atoms with Crippen molar-refractivity contribution in [3.63, 3.8) is 0 Å². The minimum absolute atomic E-state index is 0.101. The lowest BCUT2D eigenvalue weighted by atomic mass is 10.0. The number of nitro groups is 1. The summed E-state index contributed by atoms with van der Waals surface area (Å²) in [5, 5.41) is 23.1. The molecule has 1 heterocycles. The molecule has 1 fully saturated rings. The van der Waals surface area contributed by atoms with E-state index < -0.39 is 4.92 Å². The third-order valence-corrected chi connectivity index (χ3v) is 3.52. The van der Waals surface area contributed by atoms with Crippen LogP contribution in [0, 0.1) is 21.4 Å². The molecule has 0 aliphatic carbocycles. The molecule has 0 bridgehead atoms. The summed E-state index contributed by atoms with van der Waals surface area (Å²) < 4.78 is 0. The number of rotatable bonds is 3. The average molecular weight is 260 g/mol. The fraction of sp³-hybridized carbons (Fsp3) is 0.462. The highest BCUT2D eigenvalue weighted by Crippen LogP contribution is 2.26. The van der Waals surface area contributed by atoms with Gasteiger partial charge in [-0.2, -0.15) is 5.26 Å². The van der Waals surface area contributed by atoms with Gasteiger partial charge < -0.3 is 10.2 Å². The first-order valence-electron chi connectivity index (χ1n) is 6.25. The molecular weight excluding hydrogens is 244 g/mol. The van der Waals surface area contributed by atoms with E-state index in [2.05, 4.69) is 5.32 Å². The molecule has 0 radical (unpaired) electrons. The second-order valence-electron chi connectivity index (χ2n) is 4.68. The molecule has 1 aliphatic heterocycles. The summed E-state index contributed by atoms with van der Waals surface area (Å²) in [5.74, 6) is 0. The normalized spacial score (nSPS) is 18.6. The number of likely N-dealkylation sites (N-methyl/N-ethyl adjacent to an activating group) is 1. The SMILES string of the molecule is CN(c1ccc(C#N)c([N+](=O)[O-])c1)C1CCCNC1. The van der Waals surface area contributed by atoms with Gasteiger partial charge in [0.15, 0.2) is 0 Å². The van der Waals surface area contributed by atoms with Crippen LogP contribution in [-0.2, 0) is 0 Å². The fourth-order valence-electron chi connectivity index (χ4n) is 2.36. The number of nitro benzene ring substituents is 1. The van der Waals surface area contributed by atoms with Crippen molar-refractivity contribution >= 4 is 11.4 Å². The first-order chi connectivity index (χ1) is 9.13. The summed E-state index contributed by atoms with van der Waals surface area (Å²) in [6, 6.07) is 6.94. The Morgan fingerprint density at radius 2 is 2.37 bits per heavy atom. The average Bonchev–Trinajstić information content (AvgIpc) is 2.46. The van der Waals surface area contributed by atoms with Gasteiger partial charge in [-0.1, -0.05) is 0 Å². The Bertz CT molecular complexity index is 518. The molecule has 100 valence electrons. The van der Waals surface area contributed by atoms with Gasteiger partial charge in [0.1, 0.15) is 11.6 Å². The van der Waals surface area contributed by atoms with Gasteiger partial charge >= 0.3 is 0 Å². The molecule has 1 aromatic carbocycles. The number of hydrogen-bond donors (Lipinski definition) is 1. The molecular formula is C13H16N4O2. The number of anilines is 1. The molecule has 1 aliphatic rings. The molecule has 19 heavy (non-hydrogen) atoms. The van der Waals surface area contributed by atoms with Crippen molar-refractivity contribution in [1.82, 2.24) is 5.32 Å². The van der Waals surface area contributed by atoms with Crippen LogP contribution in [0.4, 0.5) is 11.4 Å². The Hall–Kier alpha value is -2.13. The molecule has 0 saturated carbocycles. The Balaban J connectivity index is 2.27. The van der Waals surface area contributed by atoms with E-state index in [0.717, 1.165) is 31.6 Å². The Labute approximate surface area is 111 Å². The second-order valence-corrected chi connectivity index (χ2v) is 4.68. The minimum atomic E-state index is -0.505. The summed E-state index contributed by atoms with van der Waals surface area (Å²) in [4.78, 5) is 12.5. The van der Waals surface area contributed by atoms with Gasteiger partial charge in [-0.05, 0) is 31.5 Å². The zero-order valence-electron chi connectivity index (χ0n) is 10.8. The largest absolute Gasteiger partial charge is 0.370 e. The summed E-state index contributed by atoms with van der Waals surface area (Å²) in [6.07, 6.45) is 2.17. The van der Waals surface area contributed by atoms with Crippen molar-refractivity contribution in [3.05, 3.63) is 33.9 Å². The Morgan fingerprint density at radius 3 is 2.95 bits per heavy atom. The summed E-state index contributed by atoms with van der Waals surface area (Å²) in [6.45, 7) is 1.90. The quantitative estimate of drug-likeness (QED) is 0.660. The Kier molecular flexibility index (Phi) is 3.97. The van der Waals surface area contributed by atoms with Crippen LogP contribution < -0.4 is 10.2 Å². The standard InChI is InChI=1S/C13H16N4O2/c1-16(12-3-2-6-15-9-12)11-5-4-10(8-14)13(7-11)17(18)19/h4-5,7,12,15H,2-3,6,9H2,1H3. The zero-order valence-corrected chi connectivity index (χ0v) is 10.8. The van der Waals surface area contributed by atoms with Gasteiger partial charge in [0, 0.05) is 31.4 Å². The van der Waals surface area contributed by atoms with Gasteiger partial charge in [0.2, 0.25) is 0 Å². The van der Waals surface area contributed by atoms with Crippen LogP contribution in [0.1, 0.15) is 18.4 Å². The lowest BCUT2D eigenvalue weighted by Crippen LogP contribution is -2.44. The van der Waals surface area contributed by atoms with E-state index in [4.69, 9.17) is 5.26 Å². The van der Waals surface area contributed by atoms with Crippen LogP contribution in [0.5, 0.6) is 0 Å². The van der Waals surface area contributed by atoms with E-state index in [-0.39, 0.29) is 11.3 Å². The molecule has 1 atom stereocenters. The van der Waals surface area contributed by atoms with Crippen LogP contribution in [0.25, 0.3) is 0 Å². The van der Waals surface area contributed by atoms with E-state index in [1.165, 1.54) is 12.1 Å². The van der Waals surface area contributed by atoms with E-state index >= 15 is 0 Å². The van der Waals surface area contributed by atoms with Crippen molar-refractivity contribution in [2.45, 2.75) is 18.9 Å². The molecule has 0 amide bonds. The lowest BCUT2D eigenvalue weighted by molar-refractivity contribution is -0.385. The molecule has 6 nitrogen and oxygen atoms in total.